The Labute approximate surface area is 121 Å². The van der Waals surface area contributed by atoms with E-state index in [-0.39, 0.29) is 0 Å². The highest BCUT2D eigenvalue weighted by Crippen LogP contribution is 2.41. The van der Waals surface area contributed by atoms with E-state index in [9.17, 15) is 4.79 Å². The van der Waals surface area contributed by atoms with Gasteiger partial charge >= 0.3 is 6.16 Å². The molecule has 1 aliphatic rings. The van der Waals surface area contributed by atoms with Crippen LogP contribution in [0, 0.1) is 0 Å². The van der Waals surface area contributed by atoms with E-state index >= 15 is 0 Å². The molecule has 5 nitrogen and oxygen atoms in total. The summed E-state index contributed by atoms with van der Waals surface area (Å²) >= 11 is 0. The van der Waals surface area contributed by atoms with Crippen LogP contribution in [0.1, 0.15) is 11.1 Å². The highest BCUT2D eigenvalue weighted by molar-refractivity contribution is 5.73. The maximum absolute atomic E-state index is 11.0. The molecule has 1 N–H and O–H groups in total. The van der Waals surface area contributed by atoms with E-state index in [0.29, 0.717) is 0 Å². The molecule has 0 amide bonds. The predicted octanol–water partition coefficient (Wildman–Crippen LogP) is 3.01. The quantitative estimate of drug-likeness (QED) is 0.879. The van der Waals surface area contributed by atoms with Gasteiger partial charge in [0.2, 0.25) is 5.60 Å². The SMILES string of the molecule is O=C(O)OC1C=NOC1(c1ccccc1)c1ccccc1. The van der Waals surface area contributed by atoms with E-state index in [4.69, 9.17) is 14.7 Å². The van der Waals surface area contributed by atoms with Crippen molar-refractivity contribution in [1.29, 1.82) is 0 Å². The molecule has 1 atom stereocenters. The molecule has 0 bridgehead atoms. The van der Waals surface area contributed by atoms with Gasteiger partial charge in [-0.05, 0) is 0 Å². The zero-order chi connectivity index (χ0) is 14.7. The zero-order valence-corrected chi connectivity index (χ0v) is 11.0. The van der Waals surface area contributed by atoms with Crippen LogP contribution in [0.4, 0.5) is 4.79 Å². The Hall–Kier alpha value is -2.82. The van der Waals surface area contributed by atoms with Crippen molar-refractivity contribution in [1.82, 2.24) is 0 Å². The van der Waals surface area contributed by atoms with Crippen LogP contribution < -0.4 is 0 Å². The second-order valence-electron chi connectivity index (χ2n) is 4.62. The number of nitrogens with zero attached hydrogens (tertiary/aromatic N) is 1. The molecule has 0 saturated heterocycles. The van der Waals surface area contributed by atoms with Gasteiger partial charge in [0.1, 0.15) is 0 Å². The number of benzene rings is 2. The van der Waals surface area contributed by atoms with Gasteiger partial charge in [-0.15, -0.1) is 0 Å². The van der Waals surface area contributed by atoms with Crippen molar-refractivity contribution >= 4 is 12.4 Å². The molecule has 0 saturated carbocycles. The second kappa shape index (κ2) is 5.28. The van der Waals surface area contributed by atoms with Gasteiger partial charge in [0.25, 0.3) is 0 Å². The molecule has 5 heteroatoms. The first-order valence-corrected chi connectivity index (χ1v) is 6.46. The molecule has 0 aromatic heterocycles. The van der Waals surface area contributed by atoms with E-state index in [1.165, 1.54) is 6.21 Å². The summed E-state index contributed by atoms with van der Waals surface area (Å²) < 4.78 is 4.98. The predicted molar refractivity (Wildman–Crippen MR) is 76.1 cm³/mol. The van der Waals surface area contributed by atoms with Gasteiger partial charge in [0, 0.05) is 11.1 Å². The summed E-state index contributed by atoms with van der Waals surface area (Å²) in [4.78, 5) is 16.6. The van der Waals surface area contributed by atoms with Crippen LogP contribution in [0.2, 0.25) is 0 Å². The van der Waals surface area contributed by atoms with Crippen molar-refractivity contribution in [2.45, 2.75) is 11.7 Å². The summed E-state index contributed by atoms with van der Waals surface area (Å²) in [5, 5.41) is 12.8. The van der Waals surface area contributed by atoms with Crippen LogP contribution in [0.15, 0.2) is 65.8 Å². The molecule has 21 heavy (non-hydrogen) atoms. The normalized spacial score (nSPS) is 19.0. The van der Waals surface area contributed by atoms with Gasteiger partial charge in [0.15, 0.2) is 6.10 Å². The zero-order valence-electron chi connectivity index (χ0n) is 11.0. The van der Waals surface area contributed by atoms with Gasteiger partial charge in [-0.2, -0.15) is 0 Å². The third-order valence-electron chi connectivity index (χ3n) is 3.43. The van der Waals surface area contributed by atoms with Gasteiger partial charge in [-0.1, -0.05) is 65.8 Å². The Morgan fingerprint density at radius 3 is 2.05 bits per heavy atom. The third-order valence-corrected chi connectivity index (χ3v) is 3.43. The van der Waals surface area contributed by atoms with Gasteiger partial charge in [-0.25, -0.2) is 4.79 Å². The first-order valence-electron chi connectivity index (χ1n) is 6.46. The molecular formula is C16H13NO4. The van der Waals surface area contributed by atoms with Crippen molar-refractivity contribution in [2.24, 2.45) is 5.16 Å². The number of ether oxygens (including phenoxy) is 1. The first kappa shape index (κ1) is 13.2. The smallest absolute Gasteiger partial charge is 0.450 e. The fraction of sp³-hybridized carbons (Fsp3) is 0.125. The van der Waals surface area contributed by atoms with Crippen molar-refractivity contribution in [3.05, 3.63) is 71.8 Å². The average Bonchev–Trinajstić information content (AvgIpc) is 2.93. The largest absolute Gasteiger partial charge is 0.506 e. The average molecular weight is 283 g/mol. The highest BCUT2D eigenvalue weighted by Gasteiger charge is 2.50. The van der Waals surface area contributed by atoms with Gasteiger partial charge < -0.3 is 14.7 Å². The van der Waals surface area contributed by atoms with Crippen molar-refractivity contribution in [2.75, 3.05) is 0 Å². The summed E-state index contributed by atoms with van der Waals surface area (Å²) in [5.74, 6) is 0. The number of rotatable bonds is 3. The van der Waals surface area contributed by atoms with Crippen LogP contribution in [0.25, 0.3) is 0 Å². The van der Waals surface area contributed by atoms with E-state index in [1.54, 1.807) is 0 Å². The number of oxime groups is 1. The number of carboxylic acid groups (broad SMARTS) is 1. The lowest BCUT2D eigenvalue weighted by Gasteiger charge is -2.31. The molecule has 106 valence electrons. The Morgan fingerprint density at radius 2 is 1.57 bits per heavy atom. The number of hydrogen-bond acceptors (Lipinski definition) is 4. The molecule has 1 heterocycles. The number of hydrogen-bond donors (Lipinski definition) is 1. The molecule has 0 spiro atoms. The van der Waals surface area contributed by atoms with Crippen LogP contribution in [-0.2, 0) is 15.2 Å². The van der Waals surface area contributed by atoms with Crippen molar-refractivity contribution in [3.8, 4) is 0 Å². The summed E-state index contributed by atoms with van der Waals surface area (Å²) in [6.45, 7) is 0. The summed E-state index contributed by atoms with van der Waals surface area (Å²) in [7, 11) is 0. The second-order valence-corrected chi connectivity index (χ2v) is 4.62. The molecule has 1 unspecified atom stereocenters. The molecular weight excluding hydrogens is 270 g/mol. The Bertz CT molecular complexity index is 615. The molecule has 0 fully saturated rings. The minimum atomic E-state index is -1.37. The summed E-state index contributed by atoms with van der Waals surface area (Å²) in [6.07, 6.45) is -0.846. The lowest BCUT2D eigenvalue weighted by molar-refractivity contribution is -0.0627. The fourth-order valence-electron chi connectivity index (χ4n) is 2.52. The van der Waals surface area contributed by atoms with Crippen LogP contribution in [-0.4, -0.2) is 23.6 Å². The summed E-state index contributed by atoms with van der Waals surface area (Å²) in [5.41, 5.74) is 0.459. The molecule has 0 aliphatic carbocycles. The van der Waals surface area contributed by atoms with E-state index < -0.39 is 17.9 Å². The van der Waals surface area contributed by atoms with E-state index in [2.05, 4.69) is 5.16 Å². The fourth-order valence-corrected chi connectivity index (χ4v) is 2.52. The molecule has 2 aromatic carbocycles. The maximum atomic E-state index is 11.0. The van der Waals surface area contributed by atoms with Crippen molar-refractivity contribution in [3.63, 3.8) is 0 Å². The lowest BCUT2D eigenvalue weighted by atomic mass is 9.82. The van der Waals surface area contributed by atoms with Crippen LogP contribution in [0.5, 0.6) is 0 Å². The third kappa shape index (κ3) is 2.23. The maximum Gasteiger partial charge on any atom is 0.506 e. The van der Waals surface area contributed by atoms with Gasteiger partial charge in [-0.3, -0.25) is 0 Å². The molecule has 3 rings (SSSR count). The monoisotopic (exact) mass is 283 g/mol. The first-order chi connectivity index (χ1) is 10.2. The minimum absolute atomic E-state index is 0.778. The topological polar surface area (TPSA) is 68.1 Å². The minimum Gasteiger partial charge on any atom is -0.450 e. The van der Waals surface area contributed by atoms with E-state index in [0.717, 1.165) is 11.1 Å². The number of carbonyl (C=O) groups is 1. The summed E-state index contributed by atoms with van der Waals surface area (Å²) in [6, 6.07) is 18.6. The van der Waals surface area contributed by atoms with E-state index in [1.807, 2.05) is 60.7 Å². The lowest BCUT2D eigenvalue weighted by Crippen LogP contribution is -2.42. The standard InChI is InChI=1S/C16H13NO4/c18-15(19)20-14-11-17-21-16(14,12-7-3-1-4-8-12)13-9-5-2-6-10-13/h1-11,14H,(H,18,19). The van der Waals surface area contributed by atoms with Crippen LogP contribution >= 0.6 is 0 Å². The van der Waals surface area contributed by atoms with Crippen LogP contribution in [0.3, 0.4) is 0 Å². The molecule has 0 radical (unpaired) electrons. The van der Waals surface area contributed by atoms with Crippen molar-refractivity contribution < 1.29 is 19.5 Å². The molecule has 2 aromatic rings. The Balaban J connectivity index is 2.14. The Kier molecular flexibility index (Phi) is 3.31. The molecule has 1 aliphatic heterocycles. The Morgan fingerprint density at radius 1 is 1.05 bits per heavy atom. The van der Waals surface area contributed by atoms with Gasteiger partial charge in [0.05, 0.1) is 6.21 Å². The highest BCUT2D eigenvalue weighted by atomic mass is 16.7.